The quantitative estimate of drug-likeness (QED) is 0.583. The highest BCUT2D eigenvalue weighted by Gasteiger charge is 2.21. The summed E-state index contributed by atoms with van der Waals surface area (Å²) in [7, 11) is 0. The zero-order valence-corrected chi connectivity index (χ0v) is 6.22. The van der Waals surface area contributed by atoms with Crippen molar-refractivity contribution in [3.8, 4) is 0 Å². The molecule has 0 aromatic carbocycles. The molecule has 1 saturated heterocycles. The lowest BCUT2D eigenvalue weighted by molar-refractivity contribution is 0.462. The van der Waals surface area contributed by atoms with Gasteiger partial charge in [-0.05, 0) is 6.42 Å². The van der Waals surface area contributed by atoms with Crippen molar-refractivity contribution in [1.82, 2.24) is 9.97 Å². The standard InChI is InChI=1S/C7H6F2N3/c8-5-6(9)10-4-11-7(5)12-2-1-3-12/h1-3H2. The maximum Gasteiger partial charge on any atom is 0.254 e. The van der Waals surface area contributed by atoms with Gasteiger partial charge in [-0.25, -0.2) is 4.98 Å². The van der Waals surface area contributed by atoms with E-state index in [0.717, 1.165) is 19.5 Å². The van der Waals surface area contributed by atoms with Crippen molar-refractivity contribution in [3.05, 3.63) is 18.1 Å². The molecule has 12 heavy (non-hydrogen) atoms. The summed E-state index contributed by atoms with van der Waals surface area (Å²) in [6, 6.07) is 0. The number of aromatic nitrogens is 2. The number of hydrogen-bond acceptors (Lipinski definition) is 3. The minimum atomic E-state index is -1.13. The van der Waals surface area contributed by atoms with Gasteiger partial charge in [-0.15, -0.1) is 0 Å². The SMILES string of the molecule is Fc1n[c]nc(N2CCC2)c1F. The molecular formula is C7H6F2N3. The molecule has 0 bridgehead atoms. The highest BCUT2D eigenvalue weighted by atomic mass is 19.2. The second kappa shape index (κ2) is 2.66. The van der Waals surface area contributed by atoms with Crippen LogP contribution in [0.15, 0.2) is 0 Å². The third-order valence-corrected chi connectivity index (χ3v) is 1.84. The fraction of sp³-hybridized carbons (Fsp3) is 0.429. The van der Waals surface area contributed by atoms with Gasteiger partial charge in [-0.2, -0.15) is 13.8 Å². The van der Waals surface area contributed by atoms with E-state index >= 15 is 0 Å². The summed E-state index contributed by atoms with van der Waals surface area (Å²) in [6.45, 7) is 1.45. The molecule has 1 fully saturated rings. The van der Waals surface area contributed by atoms with Gasteiger partial charge in [-0.1, -0.05) is 0 Å². The van der Waals surface area contributed by atoms with Crippen molar-refractivity contribution in [2.75, 3.05) is 18.0 Å². The highest BCUT2D eigenvalue weighted by Crippen LogP contribution is 2.21. The zero-order valence-electron chi connectivity index (χ0n) is 6.22. The first kappa shape index (κ1) is 7.39. The van der Waals surface area contributed by atoms with Crippen LogP contribution in [0, 0.1) is 18.1 Å². The molecule has 5 heteroatoms. The van der Waals surface area contributed by atoms with Gasteiger partial charge in [0.2, 0.25) is 12.1 Å². The first-order valence-electron chi connectivity index (χ1n) is 3.63. The Morgan fingerprint density at radius 2 is 2.00 bits per heavy atom. The van der Waals surface area contributed by atoms with Crippen molar-refractivity contribution >= 4 is 5.82 Å². The first-order valence-corrected chi connectivity index (χ1v) is 3.63. The van der Waals surface area contributed by atoms with Gasteiger partial charge in [0.25, 0.3) is 5.95 Å². The molecule has 3 nitrogen and oxygen atoms in total. The average molecular weight is 170 g/mol. The van der Waals surface area contributed by atoms with Crippen LogP contribution >= 0.6 is 0 Å². The molecule has 1 aliphatic rings. The average Bonchev–Trinajstić information content (AvgIpc) is 1.95. The highest BCUT2D eigenvalue weighted by molar-refractivity contribution is 5.40. The molecule has 63 valence electrons. The maximum absolute atomic E-state index is 12.9. The fourth-order valence-corrected chi connectivity index (χ4v) is 1.04. The summed E-state index contributed by atoms with van der Waals surface area (Å²) in [5.41, 5.74) is 0. The molecule has 0 N–H and O–H groups in total. The number of nitrogens with zero attached hydrogens (tertiary/aromatic N) is 3. The van der Waals surface area contributed by atoms with Crippen LogP contribution in [0.5, 0.6) is 0 Å². The smallest absolute Gasteiger partial charge is 0.254 e. The largest absolute Gasteiger partial charge is 0.354 e. The molecule has 1 radical (unpaired) electrons. The molecule has 0 saturated carbocycles. The van der Waals surface area contributed by atoms with E-state index in [4.69, 9.17) is 0 Å². The van der Waals surface area contributed by atoms with Gasteiger partial charge in [0.1, 0.15) is 0 Å². The number of rotatable bonds is 1. The van der Waals surface area contributed by atoms with Crippen molar-refractivity contribution < 1.29 is 8.78 Å². The van der Waals surface area contributed by atoms with Gasteiger partial charge in [0.05, 0.1) is 0 Å². The number of anilines is 1. The van der Waals surface area contributed by atoms with Crippen LogP contribution in [-0.4, -0.2) is 23.1 Å². The Balaban J connectivity index is 2.36. The van der Waals surface area contributed by atoms with Crippen LogP contribution in [0.2, 0.25) is 0 Å². The van der Waals surface area contributed by atoms with Gasteiger partial charge < -0.3 is 4.90 Å². The summed E-state index contributed by atoms with van der Waals surface area (Å²) in [5, 5.41) is 0. The fourth-order valence-electron chi connectivity index (χ4n) is 1.04. The van der Waals surface area contributed by atoms with E-state index in [0.29, 0.717) is 0 Å². The van der Waals surface area contributed by atoms with Gasteiger partial charge >= 0.3 is 0 Å². The van der Waals surface area contributed by atoms with Crippen molar-refractivity contribution in [1.29, 1.82) is 0 Å². The minimum absolute atomic E-state index is 0.0220. The molecule has 1 aliphatic heterocycles. The van der Waals surface area contributed by atoms with Crippen LogP contribution in [0.25, 0.3) is 0 Å². The topological polar surface area (TPSA) is 29.0 Å². The molecule has 0 atom stereocenters. The van der Waals surface area contributed by atoms with Crippen molar-refractivity contribution in [2.24, 2.45) is 0 Å². The van der Waals surface area contributed by atoms with Crippen molar-refractivity contribution in [3.63, 3.8) is 0 Å². The Bertz CT molecular complexity index is 299. The Kier molecular flexibility index (Phi) is 1.64. The van der Waals surface area contributed by atoms with Gasteiger partial charge in [-0.3, -0.25) is 0 Å². The van der Waals surface area contributed by atoms with E-state index in [-0.39, 0.29) is 5.82 Å². The number of hydrogen-bond donors (Lipinski definition) is 0. The Morgan fingerprint density at radius 3 is 2.58 bits per heavy atom. The molecule has 1 aromatic heterocycles. The molecule has 1 aromatic rings. The normalized spacial score (nSPS) is 16.0. The molecule has 0 spiro atoms. The van der Waals surface area contributed by atoms with Crippen LogP contribution in [0.1, 0.15) is 6.42 Å². The van der Waals surface area contributed by atoms with Crippen LogP contribution in [-0.2, 0) is 0 Å². The Hall–Kier alpha value is -1.26. The van der Waals surface area contributed by atoms with E-state index in [2.05, 4.69) is 16.3 Å². The third kappa shape index (κ3) is 1.01. The molecule has 0 unspecified atom stereocenters. The van der Waals surface area contributed by atoms with E-state index in [1.807, 2.05) is 0 Å². The third-order valence-electron chi connectivity index (χ3n) is 1.84. The molecule has 0 aliphatic carbocycles. The second-order valence-corrected chi connectivity index (χ2v) is 2.59. The van der Waals surface area contributed by atoms with E-state index in [1.54, 1.807) is 4.90 Å². The van der Waals surface area contributed by atoms with Gasteiger partial charge in [0.15, 0.2) is 5.82 Å². The summed E-state index contributed by atoms with van der Waals surface area (Å²) < 4.78 is 25.4. The summed E-state index contributed by atoms with van der Waals surface area (Å²) in [4.78, 5) is 8.16. The monoisotopic (exact) mass is 170 g/mol. The lowest BCUT2D eigenvalue weighted by atomic mass is 10.2. The van der Waals surface area contributed by atoms with E-state index < -0.39 is 11.8 Å². The van der Waals surface area contributed by atoms with E-state index in [1.165, 1.54) is 0 Å². The lowest BCUT2D eigenvalue weighted by Crippen LogP contribution is -2.38. The molecule has 2 heterocycles. The summed E-state index contributed by atoms with van der Waals surface area (Å²) >= 11 is 0. The lowest BCUT2D eigenvalue weighted by Gasteiger charge is -2.31. The van der Waals surface area contributed by atoms with Crippen molar-refractivity contribution in [2.45, 2.75) is 6.42 Å². The van der Waals surface area contributed by atoms with Crippen LogP contribution in [0.3, 0.4) is 0 Å². The minimum Gasteiger partial charge on any atom is -0.354 e. The zero-order chi connectivity index (χ0) is 8.55. The number of halogens is 2. The predicted molar refractivity (Wildman–Crippen MR) is 37.6 cm³/mol. The predicted octanol–water partition coefficient (Wildman–Crippen LogP) is 0.765. The summed E-state index contributed by atoms with van der Waals surface area (Å²) in [6.07, 6.45) is 3.05. The first-order chi connectivity index (χ1) is 5.79. The Labute approximate surface area is 68.1 Å². The Morgan fingerprint density at radius 1 is 1.25 bits per heavy atom. The van der Waals surface area contributed by atoms with E-state index in [9.17, 15) is 8.78 Å². The summed E-state index contributed by atoms with van der Waals surface area (Å²) in [5.74, 6) is -2.09. The second-order valence-electron chi connectivity index (χ2n) is 2.59. The molecule has 0 amide bonds. The maximum atomic E-state index is 12.9. The van der Waals surface area contributed by atoms with Gasteiger partial charge in [0, 0.05) is 13.1 Å². The molecular weight excluding hydrogens is 164 g/mol. The molecule has 2 rings (SSSR count). The van der Waals surface area contributed by atoms with Crippen LogP contribution < -0.4 is 4.90 Å². The van der Waals surface area contributed by atoms with Crippen LogP contribution in [0.4, 0.5) is 14.6 Å².